The second kappa shape index (κ2) is 7.08. The Hall–Kier alpha value is -2.39. The van der Waals surface area contributed by atoms with Gasteiger partial charge in [0.25, 0.3) is 5.91 Å². The number of amides is 1. The number of aromatic nitrogens is 1. The molecular weight excluding hydrogens is 379 g/mol. The number of unbranched alkanes of at least 4 members (excludes halogenated alkanes) is 1. The molecular formula is C17H15FN2O4S2. The molecule has 0 saturated carbocycles. The number of carbonyl (C=O) groups excluding carboxylic acids is 1. The van der Waals surface area contributed by atoms with Crippen LogP contribution < -0.4 is 10.6 Å². The molecule has 1 atom stereocenters. The number of carbonyl (C=O) groups is 2. The van der Waals surface area contributed by atoms with Gasteiger partial charge in [-0.1, -0.05) is 19.8 Å². The van der Waals surface area contributed by atoms with Crippen LogP contribution in [-0.4, -0.2) is 26.7 Å². The highest BCUT2D eigenvalue weighted by molar-refractivity contribution is 7.73. The van der Waals surface area contributed by atoms with Gasteiger partial charge in [-0.05, 0) is 36.8 Å². The molecule has 6 nitrogen and oxygen atoms in total. The lowest BCUT2D eigenvalue weighted by Gasteiger charge is -2.14. The summed E-state index contributed by atoms with van der Waals surface area (Å²) in [4.78, 5) is 27.9. The third-order valence-electron chi connectivity index (χ3n) is 4.14. The van der Waals surface area contributed by atoms with Crippen molar-refractivity contribution in [2.75, 3.05) is 0 Å². The van der Waals surface area contributed by atoms with Gasteiger partial charge in [-0.2, -0.15) is 0 Å². The van der Waals surface area contributed by atoms with Gasteiger partial charge >= 0.3 is 5.97 Å². The minimum absolute atomic E-state index is 0.0338. The number of rotatable bonds is 6. The van der Waals surface area contributed by atoms with Gasteiger partial charge in [0.1, 0.15) is 16.7 Å². The molecule has 2 aromatic rings. The van der Waals surface area contributed by atoms with E-state index in [2.05, 4.69) is 4.99 Å². The molecule has 0 aliphatic carbocycles. The zero-order valence-electron chi connectivity index (χ0n) is 13.7. The van der Waals surface area contributed by atoms with E-state index in [1.165, 1.54) is 12.1 Å². The second-order valence-corrected chi connectivity index (χ2v) is 7.48. The standard InChI is InChI=1S/C17H15FN2O4S2/c1-2-3-4-11(16(23)24)20-15(22)13(26-17(20)25)12-9-7-8(18)5-6-10(9)19-14(12)21/h5-7,11,22H,2-4H2,1H3,(H,23,24)/t11-/m0/s1. The van der Waals surface area contributed by atoms with Crippen LogP contribution in [0.15, 0.2) is 23.2 Å². The van der Waals surface area contributed by atoms with Crippen LogP contribution in [0.3, 0.4) is 0 Å². The first-order valence-electron chi connectivity index (χ1n) is 7.95. The SMILES string of the molecule is CCCC[C@@H](C(=O)O)n1c(O)c(C2=c3cc(F)ccc3=NC2=O)sc1=S. The molecule has 1 aromatic carbocycles. The molecule has 26 heavy (non-hydrogen) atoms. The average Bonchev–Trinajstić information content (AvgIpc) is 3.04. The third-order valence-corrected chi connectivity index (χ3v) is 5.54. The molecule has 3 rings (SSSR count). The second-order valence-electron chi connectivity index (χ2n) is 5.84. The highest BCUT2D eigenvalue weighted by Gasteiger charge is 2.30. The molecule has 0 radical (unpaired) electrons. The smallest absolute Gasteiger partial charge is 0.326 e. The van der Waals surface area contributed by atoms with E-state index in [-0.39, 0.29) is 19.6 Å². The molecule has 0 spiro atoms. The van der Waals surface area contributed by atoms with Crippen molar-refractivity contribution in [2.24, 2.45) is 4.99 Å². The van der Waals surface area contributed by atoms with Gasteiger partial charge in [0.2, 0.25) is 5.88 Å². The van der Waals surface area contributed by atoms with Crippen molar-refractivity contribution >= 4 is 41.0 Å². The van der Waals surface area contributed by atoms with Crippen LogP contribution in [0.4, 0.5) is 4.39 Å². The van der Waals surface area contributed by atoms with Crippen molar-refractivity contribution in [3.8, 4) is 5.88 Å². The summed E-state index contributed by atoms with van der Waals surface area (Å²) < 4.78 is 14.9. The fourth-order valence-corrected chi connectivity index (χ4v) is 4.32. The predicted octanol–water partition coefficient (Wildman–Crippen LogP) is 2.30. The first kappa shape index (κ1) is 18.4. The van der Waals surface area contributed by atoms with Crippen LogP contribution in [0.2, 0.25) is 0 Å². The molecule has 1 amide bonds. The number of carboxylic acids is 1. The Bertz CT molecular complexity index is 1090. The summed E-state index contributed by atoms with van der Waals surface area (Å²) in [6, 6.07) is 2.70. The van der Waals surface area contributed by atoms with Crippen LogP contribution in [0, 0.1) is 9.77 Å². The maximum absolute atomic E-state index is 13.6. The molecule has 0 saturated heterocycles. The van der Waals surface area contributed by atoms with Crippen molar-refractivity contribution in [3.05, 3.63) is 43.4 Å². The topological polar surface area (TPSA) is 91.9 Å². The summed E-state index contributed by atoms with van der Waals surface area (Å²) in [6.45, 7) is 1.93. The average molecular weight is 394 g/mol. The Morgan fingerprint density at radius 3 is 2.85 bits per heavy atom. The van der Waals surface area contributed by atoms with Crippen molar-refractivity contribution in [1.82, 2.24) is 4.57 Å². The number of hydrogen-bond acceptors (Lipinski definition) is 5. The molecule has 0 bridgehead atoms. The van der Waals surface area contributed by atoms with Crippen molar-refractivity contribution in [1.29, 1.82) is 0 Å². The summed E-state index contributed by atoms with van der Waals surface area (Å²) in [6.07, 6.45) is 1.72. The van der Waals surface area contributed by atoms with Gasteiger partial charge in [-0.15, -0.1) is 11.3 Å². The van der Waals surface area contributed by atoms with E-state index < -0.39 is 29.6 Å². The summed E-state index contributed by atoms with van der Waals surface area (Å²) in [7, 11) is 0. The minimum atomic E-state index is -1.12. The molecule has 136 valence electrons. The molecule has 1 aromatic heterocycles. The van der Waals surface area contributed by atoms with Crippen molar-refractivity contribution in [3.63, 3.8) is 0 Å². The van der Waals surface area contributed by atoms with E-state index in [1.54, 1.807) is 0 Å². The largest absolute Gasteiger partial charge is 0.493 e. The van der Waals surface area contributed by atoms with Crippen LogP contribution in [0.1, 0.15) is 37.1 Å². The number of thiazole rings is 1. The van der Waals surface area contributed by atoms with Gasteiger partial charge in [-0.25, -0.2) is 14.2 Å². The van der Waals surface area contributed by atoms with E-state index in [4.69, 9.17) is 12.2 Å². The Labute approximate surface area is 156 Å². The molecule has 2 N–H and O–H groups in total. The molecule has 1 aliphatic heterocycles. The fraction of sp³-hybridized carbons (Fsp3) is 0.294. The van der Waals surface area contributed by atoms with Crippen LogP contribution in [-0.2, 0) is 9.59 Å². The summed E-state index contributed by atoms with van der Waals surface area (Å²) >= 11 is 6.15. The van der Waals surface area contributed by atoms with E-state index in [9.17, 15) is 24.2 Å². The number of aliphatic carboxylic acids is 1. The van der Waals surface area contributed by atoms with Gasteiger partial charge in [-0.3, -0.25) is 9.36 Å². The summed E-state index contributed by atoms with van der Waals surface area (Å²) in [5, 5.41) is 20.7. The first-order valence-corrected chi connectivity index (χ1v) is 9.18. The maximum Gasteiger partial charge on any atom is 0.326 e. The first-order chi connectivity index (χ1) is 12.3. The zero-order valence-corrected chi connectivity index (χ0v) is 15.4. The Balaban J connectivity index is 2.22. The Morgan fingerprint density at radius 2 is 2.19 bits per heavy atom. The Kier molecular flexibility index (Phi) is 5.01. The van der Waals surface area contributed by atoms with E-state index in [0.717, 1.165) is 28.4 Å². The van der Waals surface area contributed by atoms with Gasteiger partial charge in [0.05, 0.1) is 10.9 Å². The maximum atomic E-state index is 13.6. The van der Waals surface area contributed by atoms with Crippen LogP contribution in [0.25, 0.3) is 5.57 Å². The lowest BCUT2D eigenvalue weighted by molar-refractivity contribution is -0.141. The quantitative estimate of drug-likeness (QED) is 0.734. The lowest BCUT2D eigenvalue weighted by atomic mass is 10.1. The van der Waals surface area contributed by atoms with Crippen molar-refractivity contribution < 1.29 is 24.2 Å². The number of aromatic hydroxyl groups is 1. The number of nitrogens with zero attached hydrogens (tertiary/aromatic N) is 2. The van der Waals surface area contributed by atoms with E-state index >= 15 is 0 Å². The number of benzene rings is 1. The molecule has 1 aliphatic rings. The summed E-state index contributed by atoms with van der Waals surface area (Å²) in [5.41, 5.74) is 0.0338. The molecule has 0 unspecified atom stereocenters. The van der Waals surface area contributed by atoms with E-state index in [0.29, 0.717) is 18.2 Å². The monoisotopic (exact) mass is 394 g/mol. The Morgan fingerprint density at radius 1 is 1.46 bits per heavy atom. The highest BCUT2D eigenvalue weighted by Crippen LogP contribution is 2.36. The predicted molar refractivity (Wildman–Crippen MR) is 95.7 cm³/mol. The molecule has 0 fully saturated rings. The van der Waals surface area contributed by atoms with Gasteiger partial charge in [0, 0.05) is 5.22 Å². The minimum Gasteiger partial charge on any atom is -0.493 e. The van der Waals surface area contributed by atoms with Gasteiger partial charge in [0.15, 0.2) is 3.95 Å². The number of hydrogen-bond donors (Lipinski definition) is 2. The molecule has 2 heterocycles. The van der Waals surface area contributed by atoms with Gasteiger partial charge < -0.3 is 10.2 Å². The lowest BCUT2D eigenvalue weighted by Crippen LogP contribution is -2.23. The zero-order chi connectivity index (χ0) is 19.0. The molecule has 9 heteroatoms. The number of fused-ring (bicyclic) bond motifs is 1. The van der Waals surface area contributed by atoms with E-state index in [1.807, 2.05) is 6.92 Å². The number of halogens is 1. The van der Waals surface area contributed by atoms with Crippen molar-refractivity contribution in [2.45, 2.75) is 32.2 Å². The summed E-state index contributed by atoms with van der Waals surface area (Å²) in [5.74, 6) is -2.68. The third kappa shape index (κ3) is 3.08. The van der Waals surface area contributed by atoms with Crippen LogP contribution in [0.5, 0.6) is 5.88 Å². The fourth-order valence-electron chi connectivity index (χ4n) is 2.88. The van der Waals surface area contributed by atoms with Crippen LogP contribution >= 0.6 is 23.6 Å². The number of carboxylic acid groups (broad SMARTS) is 1. The highest BCUT2D eigenvalue weighted by atomic mass is 32.1. The normalized spacial score (nSPS) is 14.2.